The Morgan fingerprint density at radius 3 is 1.01 bits per heavy atom. The monoisotopic (exact) mass is 921 g/mol. The summed E-state index contributed by atoms with van der Waals surface area (Å²) in [6.45, 7) is 6.18. The molecule has 0 saturated heterocycles. The van der Waals surface area contributed by atoms with Crippen molar-refractivity contribution in [2.75, 3.05) is 13.2 Å². The molecule has 372 valence electrons. The Labute approximate surface area is 409 Å². The van der Waals surface area contributed by atoms with Crippen LogP contribution in [-0.2, 0) is 28.6 Å². The van der Waals surface area contributed by atoms with E-state index in [1.807, 2.05) is 6.08 Å². The highest BCUT2D eigenvalue weighted by Crippen LogP contribution is 2.11. The van der Waals surface area contributed by atoms with Crippen LogP contribution in [0.25, 0.3) is 0 Å². The van der Waals surface area contributed by atoms with Crippen molar-refractivity contribution in [3.63, 3.8) is 0 Å². The van der Waals surface area contributed by atoms with Crippen molar-refractivity contribution in [3.05, 3.63) is 158 Å². The molecule has 0 aliphatic carbocycles. The van der Waals surface area contributed by atoms with Gasteiger partial charge in [-0.05, 0) is 122 Å². The molecule has 0 heterocycles. The van der Waals surface area contributed by atoms with Crippen LogP contribution in [0.3, 0.4) is 0 Å². The number of ether oxygens (including phenoxy) is 3. The summed E-state index contributed by atoms with van der Waals surface area (Å²) in [5.74, 6) is -1.15. The summed E-state index contributed by atoms with van der Waals surface area (Å²) in [7, 11) is 0. The zero-order valence-electron chi connectivity index (χ0n) is 42.3. The minimum Gasteiger partial charge on any atom is -0.462 e. The molecule has 6 nitrogen and oxygen atoms in total. The molecule has 0 N–H and O–H groups in total. The Bertz CT molecular complexity index is 1570. The normalized spacial score (nSPS) is 13.4. The maximum Gasteiger partial charge on any atom is 0.310 e. The number of hydrogen-bond acceptors (Lipinski definition) is 6. The molecule has 0 amide bonds. The van der Waals surface area contributed by atoms with Crippen LogP contribution >= 0.6 is 0 Å². The molecule has 0 aromatic rings. The van der Waals surface area contributed by atoms with E-state index in [9.17, 15) is 14.4 Å². The number of rotatable bonds is 44. The molecular weight excluding hydrogens is 829 g/mol. The zero-order valence-corrected chi connectivity index (χ0v) is 42.3. The lowest BCUT2D eigenvalue weighted by Gasteiger charge is -2.18. The third-order valence-electron chi connectivity index (χ3n) is 10.0. The van der Waals surface area contributed by atoms with Crippen LogP contribution in [0, 0.1) is 0 Å². The third-order valence-corrected chi connectivity index (χ3v) is 10.0. The van der Waals surface area contributed by atoms with Crippen LogP contribution in [0.15, 0.2) is 158 Å². The van der Waals surface area contributed by atoms with E-state index < -0.39 is 12.1 Å². The molecule has 0 aliphatic rings. The molecule has 0 fully saturated rings. The Hall–Kier alpha value is -4.97. The average Bonchev–Trinajstić information content (AvgIpc) is 3.33. The average molecular weight is 921 g/mol. The van der Waals surface area contributed by atoms with Gasteiger partial charge in [0, 0.05) is 12.8 Å². The second-order valence-corrected chi connectivity index (χ2v) is 16.3. The summed E-state index contributed by atoms with van der Waals surface area (Å²) >= 11 is 0. The van der Waals surface area contributed by atoms with Crippen molar-refractivity contribution in [1.82, 2.24) is 0 Å². The van der Waals surface area contributed by atoms with Crippen molar-refractivity contribution < 1.29 is 28.6 Å². The fourth-order valence-electron chi connectivity index (χ4n) is 6.20. The first kappa shape index (κ1) is 62.0. The van der Waals surface area contributed by atoms with Crippen molar-refractivity contribution in [3.8, 4) is 0 Å². The summed E-state index contributed by atoms with van der Waals surface area (Å²) in [5, 5.41) is 0. The Balaban J connectivity index is 4.62. The minimum atomic E-state index is -0.864. The van der Waals surface area contributed by atoms with Crippen LogP contribution in [0.5, 0.6) is 0 Å². The molecule has 0 aliphatic heterocycles. The first-order valence-electron chi connectivity index (χ1n) is 26.0. The second-order valence-electron chi connectivity index (χ2n) is 16.3. The summed E-state index contributed by atoms with van der Waals surface area (Å²) in [6, 6.07) is 0. The van der Waals surface area contributed by atoms with Gasteiger partial charge >= 0.3 is 17.9 Å². The van der Waals surface area contributed by atoms with Crippen molar-refractivity contribution >= 4 is 17.9 Å². The lowest BCUT2D eigenvalue weighted by molar-refractivity contribution is -0.166. The number of esters is 3. The Kier molecular flexibility index (Phi) is 49.7. The van der Waals surface area contributed by atoms with Gasteiger partial charge in [-0.15, -0.1) is 0 Å². The van der Waals surface area contributed by atoms with Crippen LogP contribution in [-0.4, -0.2) is 37.2 Å². The summed E-state index contributed by atoms with van der Waals surface area (Å²) in [4.78, 5) is 37.9. The molecule has 6 heteroatoms. The highest BCUT2D eigenvalue weighted by atomic mass is 16.6. The van der Waals surface area contributed by atoms with Crippen LogP contribution < -0.4 is 0 Å². The van der Waals surface area contributed by atoms with Crippen molar-refractivity contribution in [1.29, 1.82) is 0 Å². The van der Waals surface area contributed by atoms with Gasteiger partial charge < -0.3 is 14.2 Å². The van der Waals surface area contributed by atoms with Crippen molar-refractivity contribution in [2.45, 2.75) is 194 Å². The molecule has 0 saturated carbocycles. The SMILES string of the molecule is CC/C=C\C/C=C\C/C=C\C/C=C\C/C=C\C/C=C\CCCCC(=O)OCC(COC(=O)CCCCCCC/C=C\C/C=C\CCC)OC(=O)C/C=C\C/C=C\C/C=C\C/C=C\C/C=C\CC. The minimum absolute atomic E-state index is 0.0757. The Morgan fingerprint density at radius 1 is 0.328 bits per heavy atom. The zero-order chi connectivity index (χ0) is 48.6. The largest absolute Gasteiger partial charge is 0.462 e. The lowest BCUT2D eigenvalue weighted by Crippen LogP contribution is -2.30. The summed E-state index contributed by atoms with van der Waals surface area (Å²) in [6.07, 6.45) is 78.2. The molecule has 1 unspecified atom stereocenters. The van der Waals surface area contributed by atoms with E-state index in [2.05, 4.69) is 167 Å². The van der Waals surface area contributed by atoms with E-state index >= 15 is 0 Å². The maximum absolute atomic E-state index is 12.7. The van der Waals surface area contributed by atoms with E-state index in [1.165, 1.54) is 6.42 Å². The molecule has 0 aromatic heterocycles. The van der Waals surface area contributed by atoms with Gasteiger partial charge in [-0.25, -0.2) is 0 Å². The first-order chi connectivity index (χ1) is 33.0. The smallest absolute Gasteiger partial charge is 0.310 e. The van der Waals surface area contributed by atoms with Gasteiger partial charge in [-0.3, -0.25) is 14.4 Å². The van der Waals surface area contributed by atoms with Gasteiger partial charge in [0.05, 0.1) is 6.42 Å². The molecular formula is C61H92O6. The summed E-state index contributed by atoms with van der Waals surface area (Å²) < 4.78 is 16.6. The molecule has 0 aromatic carbocycles. The predicted molar refractivity (Wildman–Crippen MR) is 288 cm³/mol. The third kappa shape index (κ3) is 51.9. The predicted octanol–water partition coefficient (Wildman–Crippen LogP) is 17.4. The van der Waals surface area contributed by atoms with Gasteiger partial charge in [0.1, 0.15) is 13.2 Å². The molecule has 0 bridgehead atoms. The first-order valence-corrected chi connectivity index (χ1v) is 26.0. The van der Waals surface area contributed by atoms with Crippen LogP contribution in [0.4, 0.5) is 0 Å². The Morgan fingerprint density at radius 2 is 0.627 bits per heavy atom. The molecule has 67 heavy (non-hydrogen) atoms. The molecule has 1 atom stereocenters. The van der Waals surface area contributed by atoms with E-state index in [1.54, 1.807) is 6.08 Å². The van der Waals surface area contributed by atoms with Gasteiger partial charge in [0.2, 0.25) is 0 Å². The van der Waals surface area contributed by atoms with Gasteiger partial charge in [-0.2, -0.15) is 0 Å². The van der Waals surface area contributed by atoms with Gasteiger partial charge in [-0.1, -0.05) is 204 Å². The lowest BCUT2D eigenvalue weighted by atomic mass is 10.1. The molecule has 0 radical (unpaired) electrons. The topological polar surface area (TPSA) is 78.9 Å². The van der Waals surface area contributed by atoms with Crippen molar-refractivity contribution in [2.24, 2.45) is 0 Å². The molecule has 0 rings (SSSR count). The van der Waals surface area contributed by atoms with Crippen LogP contribution in [0.2, 0.25) is 0 Å². The quantitative estimate of drug-likeness (QED) is 0.0262. The van der Waals surface area contributed by atoms with E-state index in [0.717, 1.165) is 128 Å². The number of carbonyl (C=O) groups excluding carboxylic acids is 3. The maximum atomic E-state index is 12.7. The fourth-order valence-corrected chi connectivity index (χ4v) is 6.20. The standard InChI is InChI=1S/C61H92O6/c1-4-7-10-13-16-19-22-25-27-28-29-30-31-32-34-36-39-42-45-48-51-54-60(63)66-57-58(56-65-59(62)53-50-47-44-41-38-35-24-21-18-15-12-9-6-3)67-61(64)55-52-49-46-43-40-37-33-26-23-20-17-14-11-8-5-2/h7-8,10-12,15-17,19-21,24-27,29-30,32-34,39-40,42-43,49,52,58H,4-6,9,13-14,18,22-23,28,31,35-38,41,44-48,50-51,53-57H2,1-3H3/b10-7-,11-8-,15-12-,19-16-,20-17-,24-21-,27-25-,30-29-,33-26-,34-32-,42-39-,43-40-,52-49-. The number of allylic oxidation sites excluding steroid dienone is 25. The second kappa shape index (κ2) is 53.6. The highest BCUT2D eigenvalue weighted by Gasteiger charge is 2.19. The van der Waals surface area contributed by atoms with Gasteiger partial charge in [0.25, 0.3) is 0 Å². The summed E-state index contributed by atoms with van der Waals surface area (Å²) in [5.41, 5.74) is 0. The number of unbranched alkanes of at least 4 members (excludes halogenated alkanes) is 8. The van der Waals surface area contributed by atoms with Crippen LogP contribution in [0.1, 0.15) is 188 Å². The van der Waals surface area contributed by atoms with E-state index in [4.69, 9.17) is 14.2 Å². The van der Waals surface area contributed by atoms with E-state index in [0.29, 0.717) is 19.3 Å². The number of hydrogen-bond donors (Lipinski definition) is 0. The number of carbonyl (C=O) groups is 3. The molecule has 0 spiro atoms. The van der Waals surface area contributed by atoms with E-state index in [-0.39, 0.29) is 38.0 Å². The fraction of sp³-hybridized carbons (Fsp3) is 0.525. The highest BCUT2D eigenvalue weighted by molar-refractivity contribution is 5.72. The van der Waals surface area contributed by atoms with Gasteiger partial charge in [0.15, 0.2) is 6.10 Å².